The van der Waals surface area contributed by atoms with Crippen LogP contribution in [0.2, 0.25) is 0 Å². The van der Waals surface area contributed by atoms with Crippen LogP contribution in [0.15, 0.2) is 42.5 Å². The molecular formula is C22H27N3O3. The van der Waals surface area contributed by atoms with E-state index in [4.69, 9.17) is 4.74 Å². The summed E-state index contributed by atoms with van der Waals surface area (Å²) in [4.78, 5) is 24.6. The third-order valence-electron chi connectivity index (χ3n) is 4.97. The topological polar surface area (TPSA) is 79.5 Å². The van der Waals surface area contributed by atoms with Crippen molar-refractivity contribution in [2.45, 2.75) is 32.8 Å². The van der Waals surface area contributed by atoms with Crippen LogP contribution in [0, 0.1) is 13.8 Å². The summed E-state index contributed by atoms with van der Waals surface area (Å²) in [7, 11) is 0. The molecule has 1 atom stereocenters. The molecule has 3 N–H and O–H groups in total. The summed E-state index contributed by atoms with van der Waals surface area (Å²) < 4.78 is 5.52. The van der Waals surface area contributed by atoms with Gasteiger partial charge in [-0.05, 0) is 62.1 Å². The van der Waals surface area contributed by atoms with Crippen LogP contribution >= 0.6 is 0 Å². The van der Waals surface area contributed by atoms with Gasteiger partial charge in [-0.2, -0.15) is 0 Å². The highest BCUT2D eigenvalue weighted by Gasteiger charge is 2.16. The van der Waals surface area contributed by atoms with Gasteiger partial charge in [-0.1, -0.05) is 18.2 Å². The molecule has 1 heterocycles. The fourth-order valence-corrected chi connectivity index (χ4v) is 3.15. The minimum Gasteiger partial charge on any atom is -0.376 e. The Bertz CT molecular complexity index is 845. The molecule has 1 aliphatic heterocycles. The first-order valence-corrected chi connectivity index (χ1v) is 9.63. The molecule has 0 spiro atoms. The monoisotopic (exact) mass is 381 g/mol. The lowest BCUT2D eigenvalue weighted by atomic mass is 10.1. The highest BCUT2D eigenvalue weighted by Crippen LogP contribution is 2.18. The smallest absolute Gasteiger partial charge is 0.251 e. The van der Waals surface area contributed by atoms with Gasteiger partial charge in [-0.3, -0.25) is 9.59 Å². The number of benzene rings is 2. The molecule has 0 aromatic heterocycles. The van der Waals surface area contributed by atoms with Gasteiger partial charge in [0.2, 0.25) is 5.91 Å². The second-order valence-corrected chi connectivity index (χ2v) is 7.08. The molecule has 3 rings (SSSR count). The molecule has 2 aromatic rings. The highest BCUT2D eigenvalue weighted by atomic mass is 16.5. The number of nitrogens with one attached hydrogen (secondary N) is 3. The van der Waals surface area contributed by atoms with Crippen LogP contribution < -0.4 is 16.0 Å². The van der Waals surface area contributed by atoms with E-state index in [0.717, 1.165) is 42.0 Å². The first kappa shape index (κ1) is 19.9. The van der Waals surface area contributed by atoms with Gasteiger partial charge in [0, 0.05) is 30.1 Å². The molecule has 1 saturated heterocycles. The van der Waals surface area contributed by atoms with Crippen molar-refractivity contribution in [2.24, 2.45) is 0 Å². The molecule has 6 heteroatoms. The zero-order valence-electron chi connectivity index (χ0n) is 16.4. The number of rotatable bonds is 7. The van der Waals surface area contributed by atoms with Gasteiger partial charge in [0.1, 0.15) is 0 Å². The van der Waals surface area contributed by atoms with Crippen molar-refractivity contribution in [2.75, 3.05) is 30.3 Å². The van der Waals surface area contributed by atoms with Crippen molar-refractivity contribution < 1.29 is 14.3 Å². The van der Waals surface area contributed by atoms with Crippen molar-refractivity contribution in [3.8, 4) is 0 Å². The van der Waals surface area contributed by atoms with E-state index in [9.17, 15) is 9.59 Å². The predicted molar refractivity (Wildman–Crippen MR) is 111 cm³/mol. The van der Waals surface area contributed by atoms with Crippen molar-refractivity contribution >= 4 is 23.2 Å². The third-order valence-corrected chi connectivity index (χ3v) is 4.97. The van der Waals surface area contributed by atoms with E-state index in [-0.39, 0.29) is 24.5 Å². The minimum absolute atomic E-state index is 0.110. The van der Waals surface area contributed by atoms with Crippen molar-refractivity contribution in [3.05, 3.63) is 59.2 Å². The number of amides is 2. The standard InChI is InChI=1S/C22H27N3O3/c1-15-6-3-10-20(16(15)2)25-21(26)14-23-18-8-4-7-17(12-18)22(27)24-13-19-9-5-11-28-19/h3-4,6-8,10,12,19,23H,5,9,11,13-14H2,1-2H3,(H,24,27)(H,25,26). The lowest BCUT2D eigenvalue weighted by Gasteiger charge is -2.13. The Hall–Kier alpha value is -2.86. The maximum atomic E-state index is 12.3. The van der Waals surface area contributed by atoms with Gasteiger partial charge in [0.05, 0.1) is 12.6 Å². The lowest BCUT2D eigenvalue weighted by Crippen LogP contribution is -2.31. The number of carbonyl (C=O) groups is 2. The molecule has 2 amide bonds. The van der Waals surface area contributed by atoms with Crippen LogP contribution in [0.1, 0.15) is 34.3 Å². The van der Waals surface area contributed by atoms with E-state index in [1.807, 2.05) is 38.1 Å². The number of carbonyl (C=O) groups excluding carboxylic acids is 2. The van der Waals surface area contributed by atoms with Gasteiger partial charge in [0.25, 0.3) is 5.91 Å². The first-order valence-electron chi connectivity index (χ1n) is 9.63. The van der Waals surface area contributed by atoms with Gasteiger partial charge in [-0.25, -0.2) is 0 Å². The zero-order valence-corrected chi connectivity index (χ0v) is 16.4. The van der Waals surface area contributed by atoms with Crippen LogP contribution in [0.4, 0.5) is 11.4 Å². The minimum atomic E-state index is -0.140. The molecule has 1 aliphatic rings. The Kier molecular flexibility index (Phi) is 6.66. The predicted octanol–water partition coefficient (Wildman–Crippen LogP) is 3.26. The average molecular weight is 381 g/mol. The molecule has 1 unspecified atom stereocenters. The molecule has 0 radical (unpaired) electrons. The van der Waals surface area contributed by atoms with Gasteiger partial charge in [0.15, 0.2) is 0 Å². The average Bonchev–Trinajstić information content (AvgIpc) is 3.22. The van der Waals surface area contributed by atoms with Crippen LogP contribution in [0.5, 0.6) is 0 Å². The van der Waals surface area contributed by atoms with Gasteiger partial charge in [-0.15, -0.1) is 0 Å². The van der Waals surface area contributed by atoms with E-state index in [2.05, 4.69) is 16.0 Å². The van der Waals surface area contributed by atoms with E-state index >= 15 is 0 Å². The number of aryl methyl sites for hydroxylation is 1. The van der Waals surface area contributed by atoms with Gasteiger partial charge < -0.3 is 20.7 Å². The molecule has 0 aliphatic carbocycles. The molecule has 0 saturated carbocycles. The van der Waals surface area contributed by atoms with E-state index in [1.54, 1.807) is 18.2 Å². The number of hydrogen-bond acceptors (Lipinski definition) is 4. The van der Waals surface area contributed by atoms with Gasteiger partial charge >= 0.3 is 0 Å². The fraction of sp³-hybridized carbons (Fsp3) is 0.364. The SMILES string of the molecule is Cc1cccc(NC(=O)CNc2cccc(C(=O)NCC3CCCO3)c2)c1C. The number of hydrogen-bond donors (Lipinski definition) is 3. The lowest BCUT2D eigenvalue weighted by molar-refractivity contribution is -0.114. The molecule has 0 bridgehead atoms. The Morgan fingerprint density at radius 2 is 1.96 bits per heavy atom. The van der Waals surface area contributed by atoms with Crippen molar-refractivity contribution in [1.82, 2.24) is 5.32 Å². The Labute approximate surface area is 165 Å². The quantitative estimate of drug-likeness (QED) is 0.688. The summed E-state index contributed by atoms with van der Waals surface area (Å²) in [6.07, 6.45) is 2.14. The fourth-order valence-electron chi connectivity index (χ4n) is 3.15. The van der Waals surface area contributed by atoms with Crippen molar-refractivity contribution in [1.29, 1.82) is 0 Å². The summed E-state index contributed by atoms with van der Waals surface area (Å²) in [5, 5.41) is 8.90. The van der Waals surface area contributed by atoms with Crippen LogP contribution in [0.25, 0.3) is 0 Å². The Morgan fingerprint density at radius 1 is 1.14 bits per heavy atom. The highest BCUT2D eigenvalue weighted by molar-refractivity contribution is 5.96. The van der Waals surface area contributed by atoms with E-state index in [1.165, 1.54) is 0 Å². The molecule has 1 fully saturated rings. The zero-order chi connectivity index (χ0) is 19.9. The summed E-state index contributed by atoms with van der Waals surface area (Å²) in [6.45, 7) is 5.41. The van der Waals surface area contributed by atoms with E-state index < -0.39 is 0 Å². The Balaban J connectivity index is 1.51. The Morgan fingerprint density at radius 3 is 2.75 bits per heavy atom. The van der Waals surface area contributed by atoms with E-state index in [0.29, 0.717) is 12.1 Å². The second kappa shape index (κ2) is 9.37. The maximum absolute atomic E-state index is 12.3. The van der Waals surface area contributed by atoms with Crippen molar-refractivity contribution in [3.63, 3.8) is 0 Å². The van der Waals surface area contributed by atoms with Crippen LogP contribution in [0.3, 0.4) is 0 Å². The summed E-state index contributed by atoms with van der Waals surface area (Å²) in [5.41, 5.74) is 4.28. The summed E-state index contributed by atoms with van der Waals surface area (Å²) in [6, 6.07) is 13.0. The summed E-state index contributed by atoms with van der Waals surface area (Å²) in [5.74, 6) is -0.277. The summed E-state index contributed by atoms with van der Waals surface area (Å²) >= 11 is 0. The second-order valence-electron chi connectivity index (χ2n) is 7.08. The molecule has 6 nitrogen and oxygen atoms in total. The maximum Gasteiger partial charge on any atom is 0.251 e. The number of ether oxygens (including phenoxy) is 1. The molecule has 2 aromatic carbocycles. The largest absolute Gasteiger partial charge is 0.376 e. The first-order chi connectivity index (χ1) is 13.5. The normalized spacial score (nSPS) is 15.9. The number of anilines is 2. The molecular weight excluding hydrogens is 354 g/mol. The van der Waals surface area contributed by atoms with Crippen LogP contribution in [-0.4, -0.2) is 37.6 Å². The molecule has 148 valence electrons. The third kappa shape index (κ3) is 5.33. The molecule has 28 heavy (non-hydrogen) atoms. The van der Waals surface area contributed by atoms with Crippen LogP contribution in [-0.2, 0) is 9.53 Å².